The number of hydrogen-bond acceptors (Lipinski definition) is 5. The molecule has 152 valence electrons. The Morgan fingerprint density at radius 3 is 2.96 bits per heavy atom. The van der Waals surface area contributed by atoms with Crippen LogP contribution in [0.1, 0.15) is 34.8 Å². The van der Waals surface area contributed by atoms with E-state index < -0.39 is 11.7 Å². The molecule has 1 atom stereocenters. The van der Waals surface area contributed by atoms with Crippen LogP contribution >= 0.6 is 0 Å². The second-order valence-electron chi connectivity index (χ2n) is 6.66. The number of halogens is 3. The molecule has 28 heavy (non-hydrogen) atoms. The standard InChI is InChI=1S/C19H21F3N2O4/c1-26-10-13-4-3-7-24(9-13)18(25)16-11-28-17(23-16)12-27-15-6-2-5-14(8-15)19(20,21)22/h2,5-6,8,11,13H,3-4,7,9-10,12H2,1H3/t13-/m1/s1. The lowest BCUT2D eigenvalue weighted by Crippen LogP contribution is -2.41. The smallest absolute Gasteiger partial charge is 0.416 e. The zero-order chi connectivity index (χ0) is 20.1. The van der Waals surface area contributed by atoms with Crippen molar-refractivity contribution < 1.29 is 31.9 Å². The van der Waals surface area contributed by atoms with Crippen molar-refractivity contribution >= 4 is 5.91 Å². The van der Waals surface area contributed by atoms with Gasteiger partial charge in [0.2, 0.25) is 5.89 Å². The summed E-state index contributed by atoms with van der Waals surface area (Å²) in [7, 11) is 1.63. The largest absolute Gasteiger partial charge is 0.484 e. The van der Waals surface area contributed by atoms with Gasteiger partial charge in [0.15, 0.2) is 12.3 Å². The van der Waals surface area contributed by atoms with E-state index in [2.05, 4.69) is 4.98 Å². The summed E-state index contributed by atoms with van der Waals surface area (Å²) in [6.45, 7) is 1.65. The summed E-state index contributed by atoms with van der Waals surface area (Å²) < 4.78 is 53.9. The zero-order valence-electron chi connectivity index (χ0n) is 15.4. The first-order valence-corrected chi connectivity index (χ1v) is 8.89. The molecule has 0 aliphatic carbocycles. The lowest BCUT2D eigenvalue weighted by atomic mass is 9.99. The molecule has 6 nitrogen and oxygen atoms in total. The summed E-state index contributed by atoms with van der Waals surface area (Å²) in [5, 5.41) is 0. The van der Waals surface area contributed by atoms with E-state index in [1.54, 1.807) is 12.0 Å². The predicted molar refractivity (Wildman–Crippen MR) is 92.8 cm³/mol. The first-order valence-electron chi connectivity index (χ1n) is 8.89. The number of benzene rings is 1. The third kappa shape index (κ3) is 5.03. The quantitative estimate of drug-likeness (QED) is 0.741. The van der Waals surface area contributed by atoms with Crippen LogP contribution in [0.5, 0.6) is 5.75 Å². The first kappa shape index (κ1) is 20.2. The van der Waals surface area contributed by atoms with Crippen molar-refractivity contribution in [3.63, 3.8) is 0 Å². The number of ether oxygens (including phenoxy) is 2. The maximum absolute atomic E-state index is 12.7. The van der Waals surface area contributed by atoms with E-state index in [4.69, 9.17) is 13.9 Å². The van der Waals surface area contributed by atoms with Crippen molar-refractivity contribution in [3.8, 4) is 5.75 Å². The van der Waals surface area contributed by atoms with Crippen LogP contribution in [0.2, 0.25) is 0 Å². The molecule has 1 aromatic heterocycles. The summed E-state index contributed by atoms with van der Waals surface area (Å²) in [5.74, 6) is 0.207. The molecule has 3 rings (SSSR count). The molecule has 2 heterocycles. The Morgan fingerprint density at radius 2 is 2.21 bits per heavy atom. The Hall–Kier alpha value is -2.55. The molecular formula is C19H21F3N2O4. The van der Waals surface area contributed by atoms with Gasteiger partial charge < -0.3 is 18.8 Å². The molecule has 0 radical (unpaired) electrons. The number of alkyl halides is 3. The van der Waals surface area contributed by atoms with Gasteiger partial charge in [0, 0.05) is 20.2 Å². The van der Waals surface area contributed by atoms with Gasteiger partial charge in [-0.15, -0.1) is 0 Å². The topological polar surface area (TPSA) is 64.8 Å². The van der Waals surface area contributed by atoms with E-state index in [9.17, 15) is 18.0 Å². The Bertz CT molecular complexity index is 804. The molecule has 1 aromatic carbocycles. The maximum Gasteiger partial charge on any atom is 0.416 e. The lowest BCUT2D eigenvalue weighted by Gasteiger charge is -2.31. The van der Waals surface area contributed by atoms with Gasteiger partial charge in [-0.1, -0.05) is 6.07 Å². The molecule has 0 unspecified atom stereocenters. The van der Waals surface area contributed by atoms with Crippen LogP contribution in [0.3, 0.4) is 0 Å². The van der Waals surface area contributed by atoms with Gasteiger partial charge in [0.05, 0.1) is 12.2 Å². The third-order valence-corrected chi connectivity index (χ3v) is 4.50. The van der Waals surface area contributed by atoms with Crippen LogP contribution in [0.25, 0.3) is 0 Å². The molecule has 0 saturated carbocycles. The number of oxazole rings is 1. The van der Waals surface area contributed by atoms with E-state index in [1.165, 1.54) is 18.4 Å². The number of methoxy groups -OCH3 is 1. The molecule has 9 heteroatoms. The Labute approximate surface area is 160 Å². The average Bonchev–Trinajstić information content (AvgIpc) is 3.15. The van der Waals surface area contributed by atoms with E-state index in [1.807, 2.05) is 0 Å². The summed E-state index contributed by atoms with van der Waals surface area (Å²) in [5.41, 5.74) is -0.648. The number of carbonyl (C=O) groups is 1. The maximum atomic E-state index is 12.7. The van der Waals surface area contributed by atoms with Crippen molar-refractivity contribution in [2.45, 2.75) is 25.6 Å². The van der Waals surface area contributed by atoms with Gasteiger partial charge >= 0.3 is 6.18 Å². The predicted octanol–water partition coefficient (Wildman–Crippen LogP) is 3.77. The number of amides is 1. The lowest BCUT2D eigenvalue weighted by molar-refractivity contribution is -0.137. The number of rotatable bonds is 6. The summed E-state index contributed by atoms with van der Waals surface area (Å²) >= 11 is 0. The fourth-order valence-corrected chi connectivity index (χ4v) is 3.17. The zero-order valence-corrected chi connectivity index (χ0v) is 15.4. The van der Waals surface area contributed by atoms with E-state index in [0.717, 1.165) is 25.0 Å². The highest BCUT2D eigenvalue weighted by Gasteiger charge is 2.30. The van der Waals surface area contributed by atoms with E-state index >= 15 is 0 Å². The van der Waals surface area contributed by atoms with Crippen molar-refractivity contribution in [1.29, 1.82) is 0 Å². The molecule has 0 bridgehead atoms. The highest BCUT2D eigenvalue weighted by molar-refractivity contribution is 5.92. The third-order valence-electron chi connectivity index (χ3n) is 4.50. The van der Waals surface area contributed by atoms with E-state index in [0.29, 0.717) is 25.6 Å². The minimum atomic E-state index is -4.45. The summed E-state index contributed by atoms with van der Waals surface area (Å²) in [6.07, 6.45) is -1.31. The van der Waals surface area contributed by atoms with Crippen molar-refractivity contribution in [3.05, 3.63) is 47.7 Å². The number of aromatic nitrogens is 1. The van der Waals surface area contributed by atoms with Crippen LogP contribution in [-0.4, -0.2) is 42.6 Å². The summed E-state index contributed by atoms with van der Waals surface area (Å²) in [6, 6.07) is 4.53. The molecule has 1 fully saturated rings. The number of hydrogen-bond donors (Lipinski definition) is 0. The van der Waals surface area contributed by atoms with E-state index in [-0.39, 0.29) is 29.8 Å². The SMILES string of the molecule is COC[C@@H]1CCCN(C(=O)c2coc(COc3cccc(C(F)(F)F)c3)n2)C1. The number of likely N-dealkylation sites (tertiary alicyclic amines) is 1. The first-order chi connectivity index (χ1) is 13.4. The molecule has 1 amide bonds. The van der Waals surface area contributed by atoms with Gasteiger partial charge in [0.1, 0.15) is 12.0 Å². The highest BCUT2D eigenvalue weighted by Crippen LogP contribution is 2.31. The number of carbonyl (C=O) groups excluding carboxylic acids is 1. The fraction of sp³-hybridized carbons (Fsp3) is 0.474. The minimum absolute atomic E-state index is 0.0411. The molecule has 0 spiro atoms. The molecule has 1 aliphatic heterocycles. The van der Waals surface area contributed by atoms with Crippen LogP contribution in [-0.2, 0) is 17.5 Å². The van der Waals surface area contributed by atoms with Gasteiger partial charge in [-0.05, 0) is 37.0 Å². The van der Waals surface area contributed by atoms with Crippen LogP contribution in [0.4, 0.5) is 13.2 Å². The van der Waals surface area contributed by atoms with Gasteiger partial charge in [-0.3, -0.25) is 4.79 Å². The second kappa shape index (κ2) is 8.64. The molecule has 1 aliphatic rings. The molecular weight excluding hydrogens is 377 g/mol. The molecule has 0 N–H and O–H groups in total. The molecule has 2 aromatic rings. The Balaban J connectivity index is 1.59. The monoisotopic (exact) mass is 398 g/mol. The van der Waals surface area contributed by atoms with Crippen LogP contribution in [0, 0.1) is 5.92 Å². The Morgan fingerprint density at radius 1 is 1.39 bits per heavy atom. The number of nitrogens with zero attached hydrogens (tertiary/aromatic N) is 2. The van der Waals surface area contributed by atoms with Crippen molar-refractivity contribution in [2.24, 2.45) is 5.92 Å². The van der Waals surface area contributed by atoms with Crippen LogP contribution in [0.15, 0.2) is 34.9 Å². The van der Waals surface area contributed by atoms with Gasteiger partial charge in [-0.25, -0.2) is 4.98 Å². The van der Waals surface area contributed by atoms with Crippen LogP contribution < -0.4 is 4.74 Å². The normalized spacial score (nSPS) is 17.6. The fourth-order valence-electron chi connectivity index (χ4n) is 3.17. The Kier molecular flexibility index (Phi) is 6.23. The second-order valence-corrected chi connectivity index (χ2v) is 6.66. The van der Waals surface area contributed by atoms with Gasteiger partial charge in [-0.2, -0.15) is 13.2 Å². The van der Waals surface area contributed by atoms with Crippen molar-refractivity contribution in [1.82, 2.24) is 9.88 Å². The summed E-state index contributed by atoms with van der Waals surface area (Å²) in [4.78, 5) is 18.4. The molecule has 1 saturated heterocycles. The highest BCUT2D eigenvalue weighted by atomic mass is 19.4. The average molecular weight is 398 g/mol. The van der Waals surface area contributed by atoms with Gasteiger partial charge in [0.25, 0.3) is 5.91 Å². The minimum Gasteiger partial charge on any atom is -0.484 e. The number of piperidine rings is 1. The van der Waals surface area contributed by atoms with Crippen molar-refractivity contribution in [2.75, 3.05) is 26.8 Å².